The highest BCUT2D eigenvalue weighted by atomic mass is 16.2. The summed E-state index contributed by atoms with van der Waals surface area (Å²) in [6, 6.07) is -0.274. The average Bonchev–Trinajstić information content (AvgIpc) is 3.26. The summed E-state index contributed by atoms with van der Waals surface area (Å²) in [5, 5.41) is 3.12. The first-order chi connectivity index (χ1) is 10.0. The molecule has 1 spiro atoms. The summed E-state index contributed by atoms with van der Waals surface area (Å²) in [5.41, 5.74) is -0.579. The highest BCUT2D eigenvalue weighted by Crippen LogP contribution is 2.37. The molecule has 0 aromatic rings. The maximum absolute atomic E-state index is 13.1. The third kappa shape index (κ3) is 2.82. The molecule has 1 N–H and O–H groups in total. The standard InChI is InChI=1S/C17H28N2O2/c1-12(2)14-15(20)18-17(9-4-3-5-10-17)16(21)19(14)11-8-13-6-7-13/h12-14H,3-11H2,1-2H3,(H,18,20). The largest absolute Gasteiger partial charge is 0.340 e. The Kier molecular flexibility index (Phi) is 3.98. The van der Waals surface area contributed by atoms with Crippen molar-refractivity contribution >= 4 is 11.8 Å². The summed E-state index contributed by atoms with van der Waals surface area (Å²) in [7, 11) is 0. The number of hydrogen-bond donors (Lipinski definition) is 1. The van der Waals surface area contributed by atoms with Crippen molar-refractivity contribution in [2.75, 3.05) is 6.54 Å². The van der Waals surface area contributed by atoms with Crippen LogP contribution in [0.2, 0.25) is 0 Å². The first kappa shape index (κ1) is 14.9. The van der Waals surface area contributed by atoms with E-state index in [1.807, 2.05) is 18.7 Å². The van der Waals surface area contributed by atoms with Crippen LogP contribution in [0.5, 0.6) is 0 Å². The first-order valence-corrected chi connectivity index (χ1v) is 8.66. The molecule has 2 aliphatic carbocycles. The predicted molar refractivity (Wildman–Crippen MR) is 81.6 cm³/mol. The second-order valence-corrected chi connectivity index (χ2v) is 7.55. The molecule has 0 aromatic carbocycles. The molecular weight excluding hydrogens is 264 g/mol. The molecule has 118 valence electrons. The SMILES string of the molecule is CC(C)C1C(=O)NC2(CCCCC2)C(=O)N1CCC1CC1. The number of piperazine rings is 1. The fraction of sp³-hybridized carbons (Fsp3) is 0.882. The van der Waals surface area contributed by atoms with Crippen molar-refractivity contribution in [3.05, 3.63) is 0 Å². The molecular formula is C17H28N2O2. The van der Waals surface area contributed by atoms with E-state index in [1.165, 1.54) is 19.3 Å². The summed E-state index contributed by atoms with van der Waals surface area (Å²) in [5.74, 6) is 1.23. The van der Waals surface area contributed by atoms with E-state index in [0.717, 1.165) is 44.6 Å². The lowest BCUT2D eigenvalue weighted by Crippen LogP contribution is -2.71. The number of hydrogen-bond acceptors (Lipinski definition) is 2. The van der Waals surface area contributed by atoms with Crippen LogP contribution in [-0.2, 0) is 9.59 Å². The maximum atomic E-state index is 13.1. The van der Waals surface area contributed by atoms with Gasteiger partial charge >= 0.3 is 0 Å². The second kappa shape index (κ2) is 5.62. The monoisotopic (exact) mass is 292 g/mol. The van der Waals surface area contributed by atoms with Gasteiger partial charge in [-0.25, -0.2) is 0 Å². The number of nitrogens with zero attached hydrogens (tertiary/aromatic N) is 1. The van der Waals surface area contributed by atoms with Gasteiger partial charge in [0, 0.05) is 6.54 Å². The van der Waals surface area contributed by atoms with E-state index in [4.69, 9.17) is 0 Å². The average molecular weight is 292 g/mol. The van der Waals surface area contributed by atoms with Crippen LogP contribution < -0.4 is 5.32 Å². The summed E-state index contributed by atoms with van der Waals surface area (Å²) < 4.78 is 0. The van der Waals surface area contributed by atoms with Crippen LogP contribution in [0.15, 0.2) is 0 Å². The number of carbonyl (C=O) groups is 2. The van der Waals surface area contributed by atoms with Crippen LogP contribution in [0.25, 0.3) is 0 Å². The third-order valence-electron chi connectivity index (χ3n) is 5.45. The Balaban J connectivity index is 1.81. The van der Waals surface area contributed by atoms with Gasteiger partial charge in [0.1, 0.15) is 11.6 Å². The van der Waals surface area contributed by atoms with Crippen molar-refractivity contribution in [2.45, 2.75) is 76.8 Å². The minimum atomic E-state index is -0.579. The Morgan fingerprint density at radius 2 is 1.86 bits per heavy atom. The minimum Gasteiger partial charge on any atom is -0.340 e. The van der Waals surface area contributed by atoms with E-state index in [1.54, 1.807) is 0 Å². The van der Waals surface area contributed by atoms with Gasteiger partial charge in [0.15, 0.2) is 0 Å². The van der Waals surface area contributed by atoms with Gasteiger partial charge in [-0.3, -0.25) is 9.59 Å². The number of carbonyl (C=O) groups excluding carboxylic acids is 2. The Morgan fingerprint density at radius 1 is 1.19 bits per heavy atom. The lowest BCUT2D eigenvalue weighted by atomic mass is 9.77. The molecule has 1 heterocycles. The summed E-state index contributed by atoms with van der Waals surface area (Å²) in [6.07, 6.45) is 8.59. The normalized spacial score (nSPS) is 29.1. The lowest BCUT2D eigenvalue weighted by Gasteiger charge is -2.48. The molecule has 1 atom stereocenters. The Bertz CT molecular complexity index is 423. The van der Waals surface area contributed by atoms with Crippen LogP contribution in [0.1, 0.15) is 65.2 Å². The fourth-order valence-corrected chi connectivity index (χ4v) is 4.03. The van der Waals surface area contributed by atoms with Crippen molar-refractivity contribution in [1.82, 2.24) is 10.2 Å². The van der Waals surface area contributed by atoms with Gasteiger partial charge in [0.25, 0.3) is 0 Å². The Hall–Kier alpha value is -1.06. The summed E-state index contributed by atoms with van der Waals surface area (Å²) in [4.78, 5) is 27.7. The van der Waals surface area contributed by atoms with Gasteiger partial charge in [-0.05, 0) is 31.1 Å². The van der Waals surface area contributed by atoms with E-state index < -0.39 is 5.54 Å². The van der Waals surface area contributed by atoms with Crippen LogP contribution in [0.3, 0.4) is 0 Å². The predicted octanol–water partition coefficient (Wildman–Crippen LogP) is 2.47. The zero-order chi connectivity index (χ0) is 15.0. The molecule has 2 amide bonds. The molecule has 1 unspecified atom stereocenters. The lowest BCUT2D eigenvalue weighted by molar-refractivity contribution is -0.158. The second-order valence-electron chi connectivity index (χ2n) is 7.55. The Morgan fingerprint density at radius 3 is 2.43 bits per heavy atom. The van der Waals surface area contributed by atoms with Gasteiger partial charge in [-0.2, -0.15) is 0 Å². The van der Waals surface area contributed by atoms with Crippen molar-refractivity contribution in [2.24, 2.45) is 11.8 Å². The zero-order valence-electron chi connectivity index (χ0n) is 13.4. The molecule has 3 rings (SSSR count). The third-order valence-corrected chi connectivity index (χ3v) is 5.45. The summed E-state index contributed by atoms with van der Waals surface area (Å²) >= 11 is 0. The van der Waals surface area contributed by atoms with Crippen LogP contribution in [0, 0.1) is 11.8 Å². The topological polar surface area (TPSA) is 49.4 Å². The molecule has 4 heteroatoms. The molecule has 1 saturated heterocycles. The van der Waals surface area contributed by atoms with Crippen LogP contribution in [0.4, 0.5) is 0 Å². The molecule has 0 aromatic heterocycles. The van der Waals surface area contributed by atoms with Crippen LogP contribution >= 0.6 is 0 Å². The van der Waals surface area contributed by atoms with Crippen molar-refractivity contribution < 1.29 is 9.59 Å². The maximum Gasteiger partial charge on any atom is 0.249 e. The van der Waals surface area contributed by atoms with Crippen molar-refractivity contribution in [3.8, 4) is 0 Å². The van der Waals surface area contributed by atoms with E-state index in [-0.39, 0.29) is 23.8 Å². The van der Waals surface area contributed by atoms with Gasteiger partial charge in [-0.1, -0.05) is 46.0 Å². The highest BCUT2D eigenvalue weighted by Gasteiger charge is 2.51. The van der Waals surface area contributed by atoms with Gasteiger partial charge in [0.05, 0.1) is 0 Å². The highest BCUT2D eigenvalue weighted by molar-refractivity contribution is 6.00. The Labute approximate surface area is 127 Å². The molecule has 2 saturated carbocycles. The van der Waals surface area contributed by atoms with E-state index in [0.29, 0.717) is 0 Å². The van der Waals surface area contributed by atoms with Gasteiger partial charge < -0.3 is 10.2 Å². The molecule has 0 bridgehead atoms. The van der Waals surface area contributed by atoms with Crippen LogP contribution in [-0.4, -0.2) is 34.8 Å². The van der Waals surface area contributed by atoms with E-state index in [9.17, 15) is 9.59 Å². The molecule has 3 aliphatic rings. The minimum absolute atomic E-state index is 0.0716. The van der Waals surface area contributed by atoms with E-state index in [2.05, 4.69) is 5.32 Å². The summed E-state index contributed by atoms with van der Waals surface area (Å²) in [6.45, 7) is 4.85. The van der Waals surface area contributed by atoms with E-state index >= 15 is 0 Å². The number of nitrogens with one attached hydrogen (secondary N) is 1. The fourth-order valence-electron chi connectivity index (χ4n) is 4.03. The molecule has 1 aliphatic heterocycles. The number of amides is 2. The van der Waals surface area contributed by atoms with Gasteiger partial charge in [-0.15, -0.1) is 0 Å². The molecule has 0 radical (unpaired) electrons. The van der Waals surface area contributed by atoms with Crippen molar-refractivity contribution in [1.29, 1.82) is 0 Å². The molecule has 3 fully saturated rings. The zero-order valence-corrected chi connectivity index (χ0v) is 13.4. The van der Waals surface area contributed by atoms with Crippen molar-refractivity contribution in [3.63, 3.8) is 0 Å². The molecule has 21 heavy (non-hydrogen) atoms. The smallest absolute Gasteiger partial charge is 0.249 e. The quantitative estimate of drug-likeness (QED) is 0.865. The first-order valence-electron chi connectivity index (χ1n) is 8.66. The molecule has 4 nitrogen and oxygen atoms in total. The van der Waals surface area contributed by atoms with Gasteiger partial charge in [0.2, 0.25) is 11.8 Å². The number of rotatable bonds is 4.